The van der Waals surface area contributed by atoms with Crippen LogP contribution < -0.4 is 19.9 Å². The van der Waals surface area contributed by atoms with E-state index in [2.05, 4.69) is 10.3 Å². The fraction of sp³-hybridized carbons (Fsp3) is 0.150. The number of ether oxygens (including phenoxy) is 2. The predicted molar refractivity (Wildman–Crippen MR) is 105 cm³/mol. The molecule has 144 valence electrons. The van der Waals surface area contributed by atoms with Crippen molar-refractivity contribution in [3.05, 3.63) is 59.0 Å². The summed E-state index contributed by atoms with van der Waals surface area (Å²) in [7, 11) is 0. The van der Waals surface area contributed by atoms with Gasteiger partial charge in [-0.15, -0.1) is 0 Å². The topological polar surface area (TPSA) is 100 Å². The van der Waals surface area contributed by atoms with E-state index in [0.29, 0.717) is 33.7 Å². The molecule has 0 aromatic heterocycles. The number of amides is 1. The molecule has 1 N–H and O–H groups in total. The number of rotatable bonds is 7. The molecular formula is C20H17N2O5S-. The lowest BCUT2D eigenvalue weighted by Crippen LogP contribution is -2.29. The minimum Gasteiger partial charge on any atom is -0.546 e. The third-order valence-electron chi connectivity index (χ3n) is 3.55. The van der Waals surface area contributed by atoms with E-state index in [1.165, 1.54) is 11.8 Å². The molecule has 2 aromatic rings. The van der Waals surface area contributed by atoms with Crippen molar-refractivity contribution < 1.29 is 24.2 Å². The second-order valence-corrected chi connectivity index (χ2v) is 6.65. The van der Waals surface area contributed by atoms with Crippen LogP contribution in [0.1, 0.15) is 12.5 Å². The number of para-hydroxylation sites is 1. The SMILES string of the molecule is CCOc1cc(/C=C2\SC(=Nc3ccccc3)NC2=O)ccc1OCC(=O)[O-]. The van der Waals surface area contributed by atoms with Gasteiger partial charge in [0.1, 0.15) is 6.61 Å². The molecule has 0 radical (unpaired) electrons. The summed E-state index contributed by atoms with van der Waals surface area (Å²) in [6.07, 6.45) is 1.71. The van der Waals surface area contributed by atoms with Gasteiger partial charge in [-0.3, -0.25) is 4.79 Å². The summed E-state index contributed by atoms with van der Waals surface area (Å²) in [6, 6.07) is 14.3. The second-order valence-electron chi connectivity index (χ2n) is 5.62. The third kappa shape index (κ3) is 5.14. The van der Waals surface area contributed by atoms with E-state index in [0.717, 1.165) is 5.69 Å². The Morgan fingerprint density at radius 2 is 1.96 bits per heavy atom. The molecule has 28 heavy (non-hydrogen) atoms. The van der Waals surface area contributed by atoms with Crippen molar-refractivity contribution >= 4 is 40.6 Å². The minimum atomic E-state index is -1.32. The van der Waals surface area contributed by atoms with E-state index in [9.17, 15) is 14.7 Å². The summed E-state index contributed by atoms with van der Waals surface area (Å²) in [5.41, 5.74) is 1.46. The zero-order chi connectivity index (χ0) is 19.9. The van der Waals surface area contributed by atoms with Crippen LogP contribution in [-0.2, 0) is 9.59 Å². The molecule has 7 nitrogen and oxygen atoms in total. The van der Waals surface area contributed by atoms with Gasteiger partial charge in [-0.05, 0) is 54.6 Å². The van der Waals surface area contributed by atoms with E-state index in [1.54, 1.807) is 31.2 Å². The van der Waals surface area contributed by atoms with Crippen LogP contribution in [0.3, 0.4) is 0 Å². The van der Waals surface area contributed by atoms with Crippen LogP contribution >= 0.6 is 11.8 Å². The Hall–Kier alpha value is -3.26. The molecule has 1 aliphatic heterocycles. The molecule has 0 spiro atoms. The smallest absolute Gasteiger partial charge is 0.264 e. The van der Waals surface area contributed by atoms with Crippen LogP contribution in [0.5, 0.6) is 11.5 Å². The number of carbonyl (C=O) groups excluding carboxylic acids is 2. The van der Waals surface area contributed by atoms with Crippen molar-refractivity contribution in [2.75, 3.05) is 13.2 Å². The second kappa shape index (κ2) is 9.09. The highest BCUT2D eigenvalue weighted by atomic mass is 32.2. The molecule has 1 amide bonds. The molecule has 2 aromatic carbocycles. The van der Waals surface area contributed by atoms with Gasteiger partial charge in [0.25, 0.3) is 5.91 Å². The van der Waals surface area contributed by atoms with E-state index in [-0.39, 0.29) is 5.91 Å². The number of aliphatic imine (C=N–C) groups is 1. The Morgan fingerprint density at radius 3 is 2.68 bits per heavy atom. The zero-order valence-corrected chi connectivity index (χ0v) is 15.8. The van der Waals surface area contributed by atoms with E-state index >= 15 is 0 Å². The van der Waals surface area contributed by atoms with Crippen molar-refractivity contribution in [3.8, 4) is 11.5 Å². The van der Waals surface area contributed by atoms with Gasteiger partial charge in [0.15, 0.2) is 16.7 Å². The monoisotopic (exact) mass is 397 g/mol. The van der Waals surface area contributed by atoms with E-state index in [1.807, 2.05) is 30.3 Å². The normalized spacial score (nSPS) is 16.2. The maximum Gasteiger partial charge on any atom is 0.264 e. The summed E-state index contributed by atoms with van der Waals surface area (Å²) < 4.78 is 10.7. The van der Waals surface area contributed by atoms with Crippen molar-refractivity contribution in [2.45, 2.75) is 6.92 Å². The molecule has 1 heterocycles. The lowest BCUT2D eigenvalue weighted by molar-refractivity contribution is -0.307. The fourth-order valence-electron chi connectivity index (χ4n) is 2.39. The standard InChI is InChI=1S/C20H18N2O5S/c1-2-26-16-10-13(8-9-15(16)27-12-18(23)24)11-17-19(25)22-20(28-17)21-14-6-4-3-5-7-14/h3-11H,2,12H2,1H3,(H,23,24)(H,21,22,25)/p-1/b17-11-. The highest BCUT2D eigenvalue weighted by molar-refractivity contribution is 8.18. The summed E-state index contributed by atoms with van der Waals surface area (Å²) in [4.78, 5) is 27.7. The van der Waals surface area contributed by atoms with Gasteiger partial charge in [-0.25, -0.2) is 4.99 Å². The van der Waals surface area contributed by atoms with Gasteiger partial charge in [-0.2, -0.15) is 0 Å². The number of carboxylic acid groups (broad SMARTS) is 1. The molecule has 1 saturated heterocycles. The lowest BCUT2D eigenvalue weighted by Gasteiger charge is -2.13. The van der Waals surface area contributed by atoms with Crippen LogP contribution in [0.4, 0.5) is 5.69 Å². The Balaban J connectivity index is 1.80. The number of carboxylic acids is 1. The number of nitrogens with zero attached hydrogens (tertiary/aromatic N) is 1. The third-order valence-corrected chi connectivity index (χ3v) is 4.46. The quantitative estimate of drug-likeness (QED) is 0.719. The first kappa shape index (κ1) is 19.5. The van der Waals surface area contributed by atoms with Crippen molar-refractivity contribution in [2.24, 2.45) is 4.99 Å². The average Bonchev–Trinajstić information content (AvgIpc) is 3.01. The molecule has 0 saturated carbocycles. The van der Waals surface area contributed by atoms with Crippen LogP contribution in [-0.4, -0.2) is 30.3 Å². The first-order valence-corrected chi connectivity index (χ1v) is 9.31. The molecule has 0 unspecified atom stereocenters. The number of thioether (sulfide) groups is 1. The summed E-state index contributed by atoms with van der Waals surface area (Å²) in [5, 5.41) is 13.8. The highest BCUT2D eigenvalue weighted by Gasteiger charge is 2.24. The minimum absolute atomic E-state index is 0.241. The van der Waals surface area contributed by atoms with Gasteiger partial charge in [0, 0.05) is 0 Å². The maximum absolute atomic E-state index is 12.2. The number of hydrogen-bond donors (Lipinski definition) is 1. The first-order chi connectivity index (χ1) is 13.5. The molecule has 0 aliphatic carbocycles. The summed E-state index contributed by atoms with van der Waals surface area (Å²) >= 11 is 1.24. The first-order valence-electron chi connectivity index (χ1n) is 8.49. The summed E-state index contributed by atoms with van der Waals surface area (Å²) in [5.74, 6) is -0.879. The van der Waals surface area contributed by atoms with Crippen LogP contribution in [0.25, 0.3) is 6.08 Å². The number of nitrogens with one attached hydrogen (secondary N) is 1. The van der Waals surface area contributed by atoms with Crippen molar-refractivity contribution in [1.29, 1.82) is 0 Å². The molecule has 3 rings (SSSR count). The Bertz CT molecular complexity index is 941. The number of aliphatic carboxylic acids is 1. The Labute approximate surface area is 166 Å². The summed E-state index contributed by atoms with van der Waals surface area (Å²) in [6.45, 7) is 1.61. The highest BCUT2D eigenvalue weighted by Crippen LogP contribution is 2.32. The van der Waals surface area contributed by atoms with Gasteiger partial charge >= 0.3 is 0 Å². The molecule has 1 fully saturated rings. The average molecular weight is 397 g/mol. The number of amidine groups is 1. The molecule has 0 atom stereocenters. The van der Waals surface area contributed by atoms with Crippen LogP contribution in [0.15, 0.2) is 58.4 Å². The number of carbonyl (C=O) groups is 2. The predicted octanol–water partition coefficient (Wildman–Crippen LogP) is 2.11. The van der Waals surface area contributed by atoms with Gasteiger partial charge in [-0.1, -0.05) is 24.3 Å². The van der Waals surface area contributed by atoms with Crippen LogP contribution in [0.2, 0.25) is 0 Å². The molecule has 1 aliphatic rings. The molecular weight excluding hydrogens is 380 g/mol. The van der Waals surface area contributed by atoms with Crippen molar-refractivity contribution in [3.63, 3.8) is 0 Å². The number of benzene rings is 2. The Kier molecular flexibility index (Phi) is 6.33. The Morgan fingerprint density at radius 1 is 1.18 bits per heavy atom. The fourth-order valence-corrected chi connectivity index (χ4v) is 3.23. The molecule has 0 bridgehead atoms. The van der Waals surface area contributed by atoms with Gasteiger partial charge in [0.05, 0.1) is 23.2 Å². The van der Waals surface area contributed by atoms with E-state index < -0.39 is 12.6 Å². The molecule has 8 heteroatoms. The largest absolute Gasteiger partial charge is 0.546 e. The van der Waals surface area contributed by atoms with Gasteiger partial charge < -0.3 is 24.7 Å². The van der Waals surface area contributed by atoms with Crippen molar-refractivity contribution in [1.82, 2.24) is 5.32 Å². The van der Waals surface area contributed by atoms with Gasteiger partial charge in [0.2, 0.25) is 0 Å². The zero-order valence-electron chi connectivity index (χ0n) is 15.0. The number of hydrogen-bond acceptors (Lipinski definition) is 7. The maximum atomic E-state index is 12.2. The van der Waals surface area contributed by atoms with Crippen LogP contribution in [0, 0.1) is 0 Å². The van der Waals surface area contributed by atoms with E-state index in [4.69, 9.17) is 9.47 Å². The lowest BCUT2D eigenvalue weighted by atomic mass is 10.2.